The van der Waals surface area contributed by atoms with Crippen LogP contribution >= 0.6 is 11.6 Å². The lowest BCUT2D eigenvalue weighted by atomic mass is 9.39. The van der Waals surface area contributed by atoms with E-state index in [1.54, 1.807) is 16.7 Å². The highest BCUT2D eigenvalue weighted by molar-refractivity contribution is 6.30. The van der Waals surface area contributed by atoms with E-state index in [4.69, 9.17) is 11.6 Å². The summed E-state index contributed by atoms with van der Waals surface area (Å²) in [5.41, 5.74) is 6.54. The summed E-state index contributed by atoms with van der Waals surface area (Å²) in [6.07, 6.45) is 7.24. The Morgan fingerprint density at radius 3 is 1.96 bits per heavy atom. The average Bonchev–Trinajstić information content (AvgIpc) is 2.61. The molecule has 2 aromatic rings. The molecular formula is C25H27Cl. The molecule has 0 heterocycles. The molecule has 26 heavy (non-hydrogen) atoms. The third-order valence-electron chi connectivity index (χ3n) is 8.57. The quantitative estimate of drug-likeness (QED) is 0.487. The van der Waals surface area contributed by atoms with Gasteiger partial charge in [0.15, 0.2) is 0 Å². The predicted molar refractivity (Wildman–Crippen MR) is 108 cm³/mol. The smallest absolute Gasteiger partial charge is 0.0409 e. The topological polar surface area (TPSA) is 0 Å². The highest BCUT2D eigenvalue weighted by atomic mass is 35.5. The minimum atomic E-state index is 0.0245. The van der Waals surface area contributed by atoms with Crippen molar-refractivity contribution in [1.82, 2.24) is 0 Å². The number of rotatable bonds is 0. The zero-order valence-electron chi connectivity index (χ0n) is 15.8. The molecule has 0 radical (unpaired) electrons. The molecule has 2 aromatic carbocycles. The van der Waals surface area contributed by atoms with E-state index in [-0.39, 0.29) is 10.8 Å². The van der Waals surface area contributed by atoms with Gasteiger partial charge < -0.3 is 0 Å². The SMILES string of the molecule is CC1(C)c2ccccc2C2(c3ccc(Cl)cc31)C1CC3CC(C1)CC2C3. The summed E-state index contributed by atoms with van der Waals surface area (Å²) in [6.45, 7) is 4.79. The van der Waals surface area contributed by atoms with Gasteiger partial charge >= 0.3 is 0 Å². The van der Waals surface area contributed by atoms with Crippen molar-refractivity contribution in [2.75, 3.05) is 0 Å². The Morgan fingerprint density at radius 2 is 1.31 bits per heavy atom. The van der Waals surface area contributed by atoms with Gasteiger partial charge in [0.25, 0.3) is 0 Å². The molecule has 0 atom stereocenters. The van der Waals surface area contributed by atoms with Gasteiger partial charge in [-0.3, -0.25) is 0 Å². The number of fused-ring (bicyclic) bond motifs is 2. The van der Waals surface area contributed by atoms with Crippen LogP contribution in [0.3, 0.4) is 0 Å². The van der Waals surface area contributed by atoms with E-state index in [1.165, 1.54) is 37.7 Å². The molecule has 4 fully saturated rings. The molecule has 1 spiro atoms. The Morgan fingerprint density at radius 1 is 0.731 bits per heavy atom. The summed E-state index contributed by atoms with van der Waals surface area (Å²) in [5, 5.41) is 0.884. The molecule has 1 heteroatoms. The van der Waals surface area contributed by atoms with Crippen molar-refractivity contribution in [1.29, 1.82) is 0 Å². The van der Waals surface area contributed by atoms with Gasteiger partial charge in [0.2, 0.25) is 0 Å². The van der Waals surface area contributed by atoms with Gasteiger partial charge in [-0.1, -0.05) is 55.8 Å². The number of hydrogen-bond donors (Lipinski definition) is 0. The van der Waals surface area contributed by atoms with Crippen LogP contribution in [0.25, 0.3) is 0 Å². The van der Waals surface area contributed by atoms with Gasteiger partial charge in [0.1, 0.15) is 0 Å². The summed E-state index contributed by atoms with van der Waals surface area (Å²) >= 11 is 6.51. The Labute approximate surface area is 162 Å². The molecule has 0 nitrogen and oxygen atoms in total. The van der Waals surface area contributed by atoms with Gasteiger partial charge in [-0.05, 0) is 90.2 Å². The Kier molecular flexibility index (Phi) is 3.00. The van der Waals surface area contributed by atoms with Crippen LogP contribution in [0.4, 0.5) is 0 Å². The molecule has 0 aliphatic heterocycles. The van der Waals surface area contributed by atoms with E-state index < -0.39 is 0 Å². The van der Waals surface area contributed by atoms with Crippen LogP contribution in [-0.2, 0) is 10.8 Å². The normalized spacial score (nSPS) is 38.3. The minimum absolute atomic E-state index is 0.0245. The molecular weight excluding hydrogens is 336 g/mol. The lowest BCUT2D eigenvalue weighted by molar-refractivity contribution is -0.0443. The van der Waals surface area contributed by atoms with E-state index in [0.717, 1.165) is 28.7 Å². The summed E-state index contributed by atoms with van der Waals surface area (Å²) in [6, 6.07) is 16.2. The molecule has 5 aliphatic carbocycles. The van der Waals surface area contributed by atoms with Gasteiger partial charge in [-0.25, -0.2) is 0 Å². The predicted octanol–water partition coefficient (Wildman–Crippen LogP) is 6.72. The van der Waals surface area contributed by atoms with E-state index >= 15 is 0 Å². The third kappa shape index (κ3) is 1.73. The van der Waals surface area contributed by atoms with Crippen molar-refractivity contribution in [3.8, 4) is 0 Å². The number of halogens is 1. The Balaban J connectivity index is 1.71. The first-order valence-corrected chi connectivity index (χ1v) is 10.8. The van der Waals surface area contributed by atoms with E-state index in [1.807, 2.05) is 0 Å². The second-order valence-corrected chi connectivity index (χ2v) is 10.5. The first kappa shape index (κ1) is 15.8. The fourth-order valence-corrected chi connectivity index (χ4v) is 8.05. The van der Waals surface area contributed by atoms with Crippen LogP contribution in [0.15, 0.2) is 42.5 Å². The van der Waals surface area contributed by atoms with Crippen molar-refractivity contribution < 1.29 is 0 Å². The van der Waals surface area contributed by atoms with Crippen molar-refractivity contribution in [3.63, 3.8) is 0 Å². The lowest BCUT2D eigenvalue weighted by Gasteiger charge is -2.64. The van der Waals surface area contributed by atoms with Crippen molar-refractivity contribution in [2.24, 2.45) is 23.7 Å². The first-order valence-electron chi connectivity index (χ1n) is 10.4. The third-order valence-corrected chi connectivity index (χ3v) is 8.81. The van der Waals surface area contributed by atoms with Crippen LogP contribution in [0.5, 0.6) is 0 Å². The van der Waals surface area contributed by atoms with Crippen molar-refractivity contribution in [2.45, 2.75) is 56.8 Å². The molecule has 134 valence electrons. The Hall–Kier alpha value is -1.27. The molecule has 0 unspecified atom stereocenters. The number of hydrogen-bond acceptors (Lipinski definition) is 0. The van der Waals surface area contributed by atoms with Gasteiger partial charge in [0.05, 0.1) is 0 Å². The van der Waals surface area contributed by atoms with E-state index in [9.17, 15) is 0 Å². The molecule has 0 amide bonds. The van der Waals surface area contributed by atoms with E-state index in [0.29, 0.717) is 0 Å². The fraction of sp³-hybridized carbons (Fsp3) is 0.520. The zero-order valence-corrected chi connectivity index (χ0v) is 16.5. The van der Waals surface area contributed by atoms with Crippen LogP contribution < -0.4 is 0 Å². The zero-order chi connectivity index (χ0) is 17.7. The summed E-state index contributed by atoms with van der Waals surface area (Å²) in [5.74, 6) is 3.61. The average molecular weight is 363 g/mol. The first-order chi connectivity index (χ1) is 12.5. The standard InChI is InChI=1S/C25H27Cl/c1-24(2)20-5-3-4-6-21(20)25(22-8-7-19(26)14-23(22)24)17-10-15-9-16(12-17)13-18(25)11-15/h3-8,14-18H,9-13H2,1-2H3. The summed E-state index contributed by atoms with van der Waals surface area (Å²) < 4.78 is 0. The van der Waals surface area contributed by atoms with Crippen LogP contribution in [-0.4, -0.2) is 0 Å². The highest BCUT2D eigenvalue weighted by Gasteiger charge is 2.61. The second kappa shape index (κ2) is 4.96. The maximum Gasteiger partial charge on any atom is 0.0409 e. The summed E-state index contributed by atoms with van der Waals surface area (Å²) in [4.78, 5) is 0. The van der Waals surface area contributed by atoms with Gasteiger partial charge in [0, 0.05) is 15.9 Å². The molecule has 5 aliphatic rings. The van der Waals surface area contributed by atoms with Gasteiger partial charge in [-0.15, -0.1) is 0 Å². The minimum Gasteiger partial charge on any atom is -0.0843 e. The van der Waals surface area contributed by atoms with Crippen LogP contribution in [0, 0.1) is 23.7 Å². The van der Waals surface area contributed by atoms with E-state index in [2.05, 4.69) is 56.3 Å². The van der Waals surface area contributed by atoms with Crippen molar-refractivity contribution >= 4 is 11.6 Å². The highest BCUT2D eigenvalue weighted by Crippen LogP contribution is 2.68. The second-order valence-electron chi connectivity index (χ2n) is 10.0. The molecule has 0 saturated heterocycles. The summed E-state index contributed by atoms with van der Waals surface area (Å²) in [7, 11) is 0. The maximum absolute atomic E-state index is 6.51. The largest absolute Gasteiger partial charge is 0.0843 e. The van der Waals surface area contributed by atoms with Crippen LogP contribution in [0.1, 0.15) is 68.2 Å². The molecule has 4 bridgehead atoms. The fourth-order valence-electron chi connectivity index (χ4n) is 7.88. The van der Waals surface area contributed by atoms with Crippen molar-refractivity contribution in [3.05, 3.63) is 69.7 Å². The lowest BCUT2D eigenvalue weighted by Crippen LogP contribution is -2.58. The van der Waals surface area contributed by atoms with Gasteiger partial charge in [-0.2, -0.15) is 0 Å². The molecule has 7 rings (SSSR count). The molecule has 0 aromatic heterocycles. The number of benzene rings is 2. The Bertz CT molecular complexity index is 878. The monoisotopic (exact) mass is 362 g/mol. The molecule has 0 N–H and O–H groups in total. The maximum atomic E-state index is 6.51. The molecule has 4 saturated carbocycles. The van der Waals surface area contributed by atoms with Crippen LogP contribution in [0.2, 0.25) is 5.02 Å².